The number of methoxy groups -OCH3 is 1. The van der Waals surface area contributed by atoms with Crippen LogP contribution >= 0.6 is 11.6 Å². The lowest BCUT2D eigenvalue weighted by molar-refractivity contribution is 0.282. The Labute approximate surface area is 126 Å². The third kappa shape index (κ3) is 3.64. The molecule has 0 aliphatic carbocycles. The number of nitrogen functional groups attached to an aromatic ring is 1. The van der Waals surface area contributed by atoms with Crippen LogP contribution in [-0.4, -0.2) is 12.9 Å². The molecule has 2 aromatic rings. The van der Waals surface area contributed by atoms with Gasteiger partial charge in [-0.3, -0.25) is 5.41 Å². The highest BCUT2D eigenvalue weighted by Gasteiger charge is 2.09. The summed E-state index contributed by atoms with van der Waals surface area (Å²) in [5, 5.41) is 7.80. The SMILES string of the molecule is COc1ccc(Cl)cc1COc1ccc(C(=N)N)cc1F. The Balaban J connectivity index is 2.17. The van der Waals surface area contributed by atoms with Crippen molar-refractivity contribution < 1.29 is 13.9 Å². The molecule has 0 spiro atoms. The smallest absolute Gasteiger partial charge is 0.165 e. The van der Waals surface area contributed by atoms with Crippen LogP contribution in [-0.2, 0) is 6.61 Å². The average molecular weight is 309 g/mol. The van der Waals surface area contributed by atoms with Crippen molar-refractivity contribution in [1.29, 1.82) is 5.41 Å². The number of halogens is 2. The summed E-state index contributed by atoms with van der Waals surface area (Å²) in [5.41, 5.74) is 6.31. The van der Waals surface area contributed by atoms with Gasteiger partial charge in [-0.05, 0) is 36.4 Å². The van der Waals surface area contributed by atoms with E-state index in [-0.39, 0.29) is 18.2 Å². The second-order valence-corrected chi connectivity index (χ2v) is 4.74. The molecule has 0 heterocycles. The van der Waals surface area contributed by atoms with Crippen molar-refractivity contribution in [3.8, 4) is 11.5 Å². The van der Waals surface area contributed by atoms with E-state index in [0.717, 1.165) is 6.07 Å². The van der Waals surface area contributed by atoms with Crippen LogP contribution in [0, 0.1) is 11.2 Å². The molecule has 4 nitrogen and oxygen atoms in total. The zero-order valence-corrected chi connectivity index (χ0v) is 12.1. The summed E-state index contributed by atoms with van der Waals surface area (Å²) in [5.74, 6) is -0.0946. The van der Waals surface area contributed by atoms with Crippen molar-refractivity contribution in [3.63, 3.8) is 0 Å². The second kappa shape index (κ2) is 6.45. The van der Waals surface area contributed by atoms with Crippen LogP contribution in [0.1, 0.15) is 11.1 Å². The summed E-state index contributed by atoms with van der Waals surface area (Å²) in [7, 11) is 1.54. The predicted molar refractivity (Wildman–Crippen MR) is 79.8 cm³/mol. The van der Waals surface area contributed by atoms with Gasteiger partial charge in [0.05, 0.1) is 7.11 Å². The summed E-state index contributed by atoms with van der Waals surface area (Å²) in [4.78, 5) is 0. The maximum atomic E-state index is 13.8. The first-order valence-electron chi connectivity index (χ1n) is 6.10. The van der Waals surface area contributed by atoms with Crippen LogP contribution in [0.5, 0.6) is 11.5 Å². The zero-order chi connectivity index (χ0) is 15.4. The van der Waals surface area contributed by atoms with Gasteiger partial charge in [0.2, 0.25) is 0 Å². The van der Waals surface area contributed by atoms with Gasteiger partial charge >= 0.3 is 0 Å². The molecule has 0 bridgehead atoms. The van der Waals surface area contributed by atoms with E-state index in [1.54, 1.807) is 18.2 Å². The van der Waals surface area contributed by atoms with Gasteiger partial charge in [-0.1, -0.05) is 11.6 Å². The normalized spacial score (nSPS) is 10.2. The minimum Gasteiger partial charge on any atom is -0.496 e. The second-order valence-electron chi connectivity index (χ2n) is 4.30. The van der Waals surface area contributed by atoms with Crippen molar-refractivity contribution in [1.82, 2.24) is 0 Å². The molecule has 0 radical (unpaired) electrons. The van der Waals surface area contributed by atoms with E-state index in [1.807, 2.05) is 0 Å². The number of nitrogens with one attached hydrogen (secondary N) is 1. The molecule has 2 aromatic carbocycles. The van der Waals surface area contributed by atoms with Crippen molar-refractivity contribution in [2.75, 3.05) is 7.11 Å². The molecular formula is C15H14ClFN2O2. The maximum Gasteiger partial charge on any atom is 0.165 e. The predicted octanol–water partition coefficient (Wildman–Crippen LogP) is 3.35. The molecule has 0 aliphatic rings. The molecule has 0 aliphatic heterocycles. The number of hydrogen-bond acceptors (Lipinski definition) is 3. The number of hydrogen-bond donors (Lipinski definition) is 2. The maximum absolute atomic E-state index is 13.8. The van der Waals surface area contributed by atoms with Gasteiger partial charge < -0.3 is 15.2 Å². The van der Waals surface area contributed by atoms with Crippen LogP contribution in [0.25, 0.3) is 0 Å². The van der Waals surface area contributed by atoms with Crippen LogP contribution in [0.3, 0.4) is 0 Å². The molecule has 0 aromatic heterocycles. The molecule has 2 rings (SSSR count). The highest BCUT2D eigenvalue weighted by Crippen LogP contribution is 2.25. The van der Waals surface area contributed by atoms with E-state index in [1.165, 1.54) is 19.2 Å². The molecule has 0 atom stereocenters. The van der Waals surface area contributed by atoms with Crippen molar-refractivity contribution in [2.24, 2.45) is 5.73 Å². The first kappa shape index (κ1) is 15.1. The van der Waals surface area contributed by atoms with Gasteiger partial charge in [0.25, 0.3) is 0 Å². The monoisotopic (exact) mass is 308 g/mol. The lowest BCUT2D eigenvalue weighted by Gasteiger charge is -2.11. The molecule has 110 valence electrons. The third-order valence-electron chi connectivity index (χ3n) is 2.87. The number of amidine groups is 1. The fourth-order valence-corrected chi connectivity index (χ4v) is 2.00. The third-order valence-corrected chi connectivity index (χ3v) is 3.10. The van der Waals surface area contributed by atoms with Gasteiger partial charge in [0.1, 0.15) is 18.2 Å². The first-order valence-corrected chi connectivity index (χ1v) is 6.48. The Morgan fingerprint density at radius 2 is 1.95 bits per heavy atom. The summed E-state index contributed by atoms with van der Waals surface area (Å²) in [6.07, 6.45) is 0. The Bertz CT molecular complexity index is 677. The molecule has 0 saturated carbocycles. The van der Waals surface area contributed by atoms with E-state index >= 15 is 0 Å². The lowest BCUT2D eigenvalue weighted by Crippen LogP contribution is -2.11. The van der Waals surface area contributed by atoms with E-state index in [9.17, 15) is 4.39 Å². The lowest BCUT2D eigenvalue weighted by atomic mass is 10.2. The van der Waals surface area contributed by atoms with Gasteiger partial charge in [-0.15, -0.1) is 0 Å². The first-order chi connectivity index (χ1) is 10.0. The van der Waals surface area contributed by atoms with E-state index in [0.29, 0.717) is 21.9 Å². The summed E-state index contributed by atoms with van der Waals surface area (Å²) in [6, 6.07) is 9.23. The summed E-state index contributed by atoms with van der Waals surface area (Å²) >= 11 is 5.92. The van der Waals surface area contributed by atoms with Gasteiger partial charge in [-0.2, -0.15) is 0 Å². The Morgan fingerprint density at radius 3 is 2.57 bits per heavy atom. The largest absolute Gasteiger partial charge is 0.496 e. The Hall–Kier alpha value is -2.27. The van der Waals surface area contributed by atoms with Crippen molar-refractivity contribution in [2.45, 2.75) is 6.61 Å². The van der Waals surface area contributed by atoms with Crippen LogP contribution in [0.2, 0.25) is 5.02 Å². The highest BCUT2D eigenvalue weighted by molar-refractivity contribution is 6.30. The number of ether oxygens (including phenoxy) is 2. The average Bonchev–Trinajstić information content (AvgIpc) is 2.46. The molecule has 0 unspecified atom stereocenters. The van der Waals surface area contributed by atoms with E-state index in [4.69, 9.17) is 32.2 Å². The van der Waals surface area contributed by atoms with Gasteiger partial charge in [-0.25, -0.2) is 4.39 Å². The summed E-state index contributed by atoms with van der Waals surface area (Å²) in [6.45, 7) is 0.111. The van der Waals surface area contributed by atoms with Gasteiger partial charge in [0, 0.05) is 16.1 Å². The molecule has 6 heteroatoms. The van der Waals surface area contributed by atoms with Crippen LogP contribution in [0.15, 0.2) is 36.4 Å². The van der Waals surface area contributed by atoms with Gasteiger partial charge in [0.15, 0.2) is 11.6 Å². The number of benzene rings is 2. The molecule has 3 N–H and O–H groups in total. The van der Waals surface area contributed by atoms with E-state index < -0.39 is 5.82 Å². The number of rotatable bonds is 5. The van der Waals surface area contributed by atoms with Crippen molar-refractivity contribution in [3.05, 3.63) is 58.4 Å². The van der Waals surface area contributed by atoms with E-state index in [2.05, 4.69) is 0 Å². The Morgan fingerprint density at radius 1 is 1.24 bits per heavy atom. The minimum atomic E-state index is -0.580. The highest BCUT2D eigenvalue weighted by atomic mass is 35.5. The Kier molecular flexibility index (Phi) is 4.65. The molecule has 0 saturated heterocycles. The molecule has 0 fully saturated rings. The van der Waals surface area contributed by atoms with Crippen LogP contribution < -0.4 is 15.2 Å². The minimum absolute atomic E-state index is 0.0713. The quantitative estimate of drug-likeness (QED) is 0.657. The molecular weight excluding hydrogens is 295 g/mol. The zero-order valence-electron chi connectivity index (χ0n) is 11.3. The molecule has 0 amide bonds. The molecule has 21 heavy (non-hydrogen) atoms. The number of nitrogens with two attached hydrogens (primary N) is 1. The van der Waals surface area contributed by atoms with Crippen LogP contribution in [0.4, 0.5) is 4.39 Å². The topological polar surface area (TPSA) is 68.3 Å². The fourth-order valence-electron chi connectivity index (χ4n) is 1.80. The fraction of sp³-hybridized carbons (Fsp3) is 0.133. The summed E-state index contributed by atoms with van der Waals surface area (Å²) < 4.78 is 24.5. The standard InChI is InChI=1S/C15H14ClFN2O2/c1-20-13-5-3-11(16)6-10(13)8-21-14-4-2-9(15(18)19)7-12(14)17/h2-7H,8H2,1H3,(H3,18,19). The van der Waals surface area contributed by atoms with Crippen molar-refractivity contribution >= 4 is 17.4 Å².